The topological polar surface area (TPSA) is 151 Å². The SMILES string of the molecule is C#C.C#C.CCCCC/C=C\C(C)C(NC(=O)[C@@H]1CCCN1C(=O)CNC(=O)OC(C)(C)C)C(=O)NS(=O)(=O)C1CC1.c1ccccc1. The molecule has 0 spiro atoms. The van der Waals surface area contributed by atoms with Gasteiger partial charge >= 0.3 is 6.09 Å². The number of sulfonamides is 1. The van der Waals surface area contributed by atoms with E-state index in [4.69, 9.17) is 4.74 Å². The Kier molecular flexibility index (Phi) is 21.0. The highest BCUT2D eigenvalue weighted by Crippen LogP contribution is 2.27. The molecule has 2 fully saturated rings. The number of carbonyl (C=O) groups is 4. The van der Waals surface area contributed by atoms with Crippen LogP contribution in [-0.4, -0.2) is 73.2 Å². The number of unbranched alkanes of at least 4 members (excludes halogenated alkanes) is 3. The van der Waals surface area contributed by atoms with Crippen molar-refractivity contribution in [1.29, 1.82) is 0 Å². The Labute approximate surface area is 288 Å². The van der Waals surface area contributed by atoms with Crippen molar-refractivity contribution in [3.8, 4) is 25.7 Å². The molecule has 0 bridgehead atoms. The van der Waals surface area contributed by atoms with Crippen LogP contribution in [0.2, 0.25) is 0 Å². The molecule has 48 heavy (non-hydrogen) atoms. The van der Waals surface area contributed by atoms with E-state index in [1.54, 1.807) is 27.7 Å². The van der Waals surface area contributed by atoms with E-state index in [1.165, 1.54) is 4.90 Å². The normalized spacial score (nSPS) is 16.6. The molecule has 0 radical (unpaired) electrons. The number of nitrogens with one attached hydrogen (secondary N) is 3. The molecule has 12 heteroatoms. The van der Waals surface area contributed by atoms with Crippen LogP contribution in [0, 0.1) is 31.6 Å². The molecule has 1 saturated heterocycles. The number of ether oxygens (including phenoxy) is 1. The molecule has 3 atom stereocenters. The van der Waals surface area contributed by atoms with Gasteiger partial charge in [0, 0.05) is 12.5 Å². The van der Waals surface area contributed by atoms with Crippen LogP contribution in [-0.2, 0) is 29.1 Å². The van der Waals surface area contributed by atoms with Crippen LogP contribution in [0.4, 0.5) is 4.79 Å². The Balaban J connectivity index is 0.00000192. The molecule has 266 valence electrons. The van der Waals surface area contributed by atoms with E-state index in [-0.39, 0.29) is 6.54 Å². The van der Waals surface area contributed by atoms with Gasteiger partial charge in [-0.25, -0.2) is 13.2 Å². The lowest BCUT2D eigenvalue weighted by Gasteiger charge is -2.28. The second kappa shape index (κ2) is 23.1. The number of allylic oxidation sites excluding steroid dienone is 1. The van der Waals surface area contributed by atoms with E-state index in [9.17, 15) is 27.6 Å². The van der Waals surface area contributed by atoms with Gasteiger partial charge in [0.25, 0.3) is 5.91 Å². The van der Waals surface area contributed by atoms with Gasteiger partial charge in [-0.3, -0.25) is 19.1 Å². The molecular weight excluding hydrogens is 632 g/mol. The number of hydrogen-bond acceptors (Lipinski definition) is 7. The fourth-order valence-electron chi connectivity index (χ4n) is 4.57. The third-order valence-electron chi connectivity index (χ3n) is 7.05. The summed E-state index contributed by atoms with van der Waals surface area (Å²) in [6.07, 6.45) is 25.0. The average Bonchev–Trinajstić information content (AvgIpc) is 3.82. The highest BCUT2D eigenvalue weighted by Gasteiger charge is 2.40. The van der Waals surface area contributed by atoms with Gasteiger partial charge in [-0.1, -0.05) is 75.2 Å². The predicted octanol–water partition coefficient (Wildman–Crippen LogP) is 4.55. The molecule has 1 aliphatic carbocycles. The smallest absolute Gasteiger partial charge is 0.408 e. The molecule has 1 saturated carbocycles. The van der Waals surface area contributed by atoms with Crippen molar-refractivity contribution < 1.29 is 32.3 Å². The van der Waals surface area contributed by atoms with Crippen molar-refractivity contribution in [3.63, 3.8) is 0 Å². The van der Waals surface area contributed by atoms with E-state index < -0.39 is 62.7 Å². The molecule has 3 N–H and O–H groups in total. The summed E-state index contributed by atoms with van der Waals surface area (Å²) in [5, 5.41) is 4.53. The van der Waals surface area contributed by atoms with Crippen LogP contribution in [0.5, 0.6) is 0 Å². The molecule has 4 amide bonds. The maximum absolute atomic E-state index is 13.3. The van der Waals surface area contributed by atoms with Crippen molar-refractivity contribution in [2.75, 3.05) is 13.1 Å². The van der Waals surface area contributed by atoms with Gasteiger partial charge in [0.1, 0.15) is 24.2 Å². The van der Waals surface area contributed by atoms with Crippen LogP contribution >= 0.6 is 0 Å². The number of rotatable bonds is 13. The summed E-state index contributed by atoms with van der Waals surface area (Å²) in [6.45, 7) is 8.96. The Bertz CT molecular complexity index is 1270. The zero-order chi connectivity index (χ0) is 36.8. The molecule has 1 aromatic rings. The van der Waals surface area contributed by atoms with Crippen LogP contribution in [0.25, 0.3) is 0 Å². The number of benzene rings is 1. The Morgan fingerprint density at radius 1 is 0.958 bits per heavy atom. The first kappa shape index (κ1) is 43.7. The van der Waals surface area contributed by atoms with Gasteiger partial charge in [0.05, 0.1) is 5.25 Å². The Hall–Kier alpha value is -4.29. The Morgan fingerprint density at radius 2 is 1.52 bits per heavy atom. The summed E-state index contributed by atoms with van der Waals surface area (Å²) < 4.78 is 32.1. The fourth-order valence-corrected chi connectivity index (χ4v) is 5.90. The molecule has 1 aliphatic heterocycles. The summed E-state index contributed by atoms with van der Waals surface area (Å²) in [5.41, 5.74) is -0.715. The first-order valence-electron chi connectivity index (χ1n) is 16.2. The van der Waals surface area contributed by atoms with E-state index in [2.05, 4.69) is 48.0 Å². The van der Waals surface area contributed by atoms with Crippen molar-refractivity contribution in [3.05, 3.63) is 48.6 Å². The van der Waals surface area contributed by atoms with Gasteiger partial charge in [-0.2, -0.15) is 0 Å². The summed E-state index contributed by atoms with van der Waals surface area (Å²) >= 11 is 0. The minimum absolute atomic E-state index is 0.326. The third-order valence-corrected chi connectivity index (χ3v) is 8.89. The van der Waals surface area contributed by atoms with Gasteiger partial charge in [-0.15, -0.1) is 25.7 Å². The maximum Gasteiger partial charge on any atom is 0.408 e. The van der Waals surface area contributed by atoms with Crippen LogP contribution < -0.4 is 15.4 Å². The number of amides is 4. The summed E-state index contributed by atoms with van der Waals surface area (Å²) in [4.78, 5) is 52.4. The minimum atomic E-state index is -3.80. The second-order valence-corrected chi connectivity index (χ2v) is 14.2. The molecule has 11 nitrogen and oxygen atoms in total. The molecule has 2 unspecified atom stereocenters. The molecular formula is C36H54N4O7S. The van der Waals surface area contributed by atoms with Crippen molar-refractivity contribution >= 4 is 33.8 Å². The Morgan fingerprint density at radius 3 is 2.02 bits per heavy atom. The maximum atomic E-state index is 13.3. The lowest BCUT2D eigenvalue weighted by molar-refractivity contribution is -0.139. The van der Waals surface area contributed by atoms with Crippen LogP contribution in [0.3, 0.4) is 0 Å². The summed E-state index contributed by atoms with van der Waals surface area (Å²) in [5.74, 6) is -2.26. The van der Waals surface area contributed by atoms with E-state index in [0.717, 1.165) is 25.7 Å². The number of hydrogen-bond donors (Lipinski definition) is 3. The van der Waals surface area contributed by atoms with Gasteiger partial charge in [-0.05, 0) is 59.3 Å². The number of terminal acetylenes is 2. The molecule has 0 aromatic heterocycles. The molecule has 3 rings (SSSR count). The zero-order valence-corrected chi connectivity index (χ0v) is 29.8. The number of nitrogens with zero attached hydrogens (tertiary/aromatic N) is 1. The third kappa shape index (κ3) is 17.6. The molecule has 1 aromatic carbocycles. The highest BCUT2D eigenvalue weighted by atomic mass is 32.2. The van der Waals surface area contributed by atoms with Gasteiger partial charge < -0.3 is 20.3 Å². The number of likely N-dealkylation sites (tertiary alicyclic amines) is 1. The largest absolute Gasteiger partial charge is 0.444 e. The van der Waals surface area contributed by atoms with Crippen LogP contribution in [0.1, 0.15) is 86.0 Å². The van der Waals surface area contributed by atoms with Crippen molar-refractivity contribution in [1.82, 2.24) is 20.3 Å². The number of alkyl carbamates (subject to hydrolysis) is 1. The quantitative estimate of drug-likeness (QED) is 0.157. The van der Waals surface area contributed by atoms with Gasteiger partial charge in [0.15, 0.2) is 0 Å². The average molecular weight is 687 g/mol. The van der Waals surface area contributed by atoms with E-state index in [0.29, 0.717) is 32.2 Å². The highest BCUT2D eigenvalue weighted by molar-refractivity contribution is 7.90. The predicted molar refractivity (Wildman–Crippen MR) is 190 cm³/mol. The molecule has 2 aliphatic rings. The first-order valence-corrected chi connectivity index (χ1v) is 17.7. The lowest BCUT2D eigenvalue weighted by Crippen LogP contribution is -2.56. The van der Waals surface area contributed by atoms with Crippen molar-refractivity contribution in [2.45, 2.75) is 109 Å². The lowest BCUT2D eigenvalue weighted by atomic mass is 9.99. The monoisotopic (exact) mass is 686 g/mol. The standard InChI is InChI=1S/C26H44N4O7S.C6H6.2C2H2/c1-6-7-8-9-10-12-18(2)22(24(33)29-38(35,36)19-14-15-19)28-23(32)20-13-11-16-30(20)21(31)17-27-25(34)37-26(3,4)5;1-2-4-6-5-3-1;2*1-2/h10,12,18-20,22H,6-9,11,13-17H2,1-5H3,(H,27,34)(H,28,32)(H,29,33);1-6H;2*1-2H/b12-10-;;;/t18?,20-,22?;;;/m0.../s1. The molecule has 1 heterocycles. The fraction of sp³-hybridized carbons (Fsp3) is 0.556. The minimum Gasteiger partial charge on any atom is -0.444 e. The van der Waals surface area contributed by atoms with E-state index in [1.807, 2.05) is 48.6 Å². The van der Waals surface area contributed by atoms with Crippen LogP contribution in [0.15, 0.2) is 48.6 Å². The summed E-state index contributed by atoms with van der Waals surface area (Å²) in [6, 6.07) is 10.0. The van der Waals surface area contributed by atoms with Gasteiger partial charge in [0.2, 0.25) is 21.8 Å². The number of carbonyl (C=O) groups excluding carboxylic acids is 4. The van der Waals surface area contributed by atoms with E-state index >= 15 is 0 Å². The second-order valence-electron chi connectivity index (χ2n) is 12.2. The zero-order valence-electron chi connectivity index (χ0n) is 29.0. The summed E-state index contributed by atoms with van der Waals surface area (Å²) in [7, 11) is -3.80. The first-order chi connectivity index (χ1) is 22.7. The van der Waals surface area contributed by atoms with Crippen molar-refractivity contribution in [2.24, 2.45) is 5.92 Å².